The smallest absolute Gasteiger partial charge is 0.332 e. The molecular weight excluding hydrogens is 278 g/mol. The Morgan fingerprint density at radius 1 is 1.60 bits per heavy atom. The summed E-state index contributed by atoms with van der Waals surface area (Å²) in [6.45, 7) is 7.68. The lowest BCUT2D eigenvalue weighted by molar-refractivity contribution is -0.135. The number of thiocarbonyl (C=S) groups is 1. The fourth-order valence-corrected chi connectivity index (χ4v) is 1.72. The number of allylic oxidation sites excluding steroid dienone is 1. The van der Waals surface area contributed by atoms with Crippen LogP contribution >= 0.6 is 12.2 Å². The maximum absolute atomic E-state index is 12.2. The van der Waals surface area contributed by atoms with E-state index in [1.807, 2.05) is 13.8 Å². The van der Waals surface area contributed by atoms with Crippen molar-refractivity contribution in [3.63, 3.8) is 0 Å². The van der Waals surface area contributed by atoms with Gasteiger partial charge in [0.1, 0.15) is 11.4 Å². The zero-order chi connectivity index (χ0) is 15.3. The van der Waals surface area contributed by atoms with E-state index >= 15 is 0 Å². The number of esters is 1. The van der Waals surface area contributed by atoms with Gasteiger partial charge < -0.3 is 10.1 Å². The molecule has 0 bridgehead atoms. The first kappa shape index (κ1) is 16.0. The van der Waals surface area contributed by atoms with Crippen molar-refractivity contribution in [1.82, 2.24) is 10.3 Å². The Morgan fingerprint density at radius 3 is 2.75 bits per heavy atom. The van der Waals surface area contributed by atoms with Crippen molar-refractivity contribution >= 4 is 34.8 Å². The number of Topliss-reactive ketones (excluding diaryl/α,β-unsaturated/α-hetero) is 1. The van der Waals surface area contributed by atoms with Gasteiger partial charge in [0.2, 0.25) is 5.78 Å². The van der Waals surface area contributed by atoms with E-state index in [1.54, 1.807) is 6.08 Å². The van der Waals surface area contributed by atoms with Gasteiger partial charge in [0.25, 0.3) is 0 Å². The van der Waals surface area contributed by atoms with Crippen LogP contribution in [0.15, 0.2) is 29.5 Å². The van der Waals surface area contributed by atoms with E-state index in [2.05, 4.69) is 21.7 Å². The summed E-state index contributed by atoms with van der Waals surface area (Å²) in [6, 6.07) is 0. The van der Waals surface area contributed by atoms with E-state index < -0.39 is 5.97 Å². The van der Waals surface area contributed by atoms with Crippen LogP contribution in [0.2, 0.25) is 0 Å². The molecule has 1 rings (SSSR count). The van der Waals surface area contributed by atoms with Gasteiger partial charge in [0.15, 0.2) is 5.11 Å². The number of nitrogens with one attached hydrogen (secondary N) is 1. The number of ketones is 1. The van der Waals surface area contributed by atoms with Crippen molar-refractivity contribution in [2.45, 2.75) is 13.8 Å². The third kappa shape index (κ3) is 3.51. The second kappa shape index (κ2) is 6.95. The van der Waals surface area contributed by atoms with Crippen LogP contribution in [0.1, 0.15) is 13.8 Å². The van der Waals surface area contributed by atoms with Crippen molar-refractivity contribution in [3.8, 4) is 0 Å². The molecule has 1 heterocycles. The molecule has 0 atom stereocenters. The Labute approximate surface area is 123 Å². The van der Waals surface area contributed by atoms with E-state index in [1.165, 1.54) is 12.1 Å². The lowest BCUT2D eigenvalue weighted by Gasteiger charge is -2.16. The van der Waals surface area contributed by atoms with Crippen LogP contribution in [-0.2, 0) is 14.3 Å². The molecule has 108 valence electrons. The van der Waals surface area contributed by atoms with Gasteiger partial charge in [-0.25, -0.2) is 9.80 Å². The summed E-state index contributed by atoms with van der Waals surface area (Å²) in [5.74, 6) is -1.03. The van der Waals surface area contributed by atoms with Crippen molar-refractivity contribution in [2.24, 2.45) is 11.0 Å². The van der Waals surface area contributed by atoms with E-state index in [-0.39, 0.29) is 22.5 Å². The van der Waals surface area contributed by atoms with Gasteiger partial charge in [-0.1, -0.05) is 19.9 Å². The summed E-state index contributed by atoms with van der Waals surface area (Å²) in [7, 11) is 1.24. The first-order valence-electron chi connectivity index (χ1n) is 6.04. The number of methoxy groups -OCH3 is 1. The molecule has 0 aliphatic carbocycles. The van der Waals surface area contributed by atoms with Gasteiger partial charge in [-0.15, -0.1) is 6.58 Å². The number of carbonyl (C=O) groups excluding carboxylic acids is 2. The second-order valence-corrected chi connectivity index (χ2v) is 4.70. The lowest BCUT2D eigenvalue weighted by atomic mass is 10.0. The second-order valence-electron chi connectivity index (χ2n) is 4.31. The molecule has 0 unspecified atom stereocenters. The van der Waals surface area contributed by atoms with Crippen molar-refractivity contribution in [2.75, 3.05) is 13.7 Å². The quantitative estimate of drug-likeness (QED) is 0.361. The molecular formula is C13H17N3O3S. The zero-order valence-corrected chi connectivity index (χ0v) is 12.5. The predicted molar refractivity (Wildman–Crippen MR) is 80.0 cm³/mol. The average Bonchev–Trinajstić information content (AvgIpc) is 2.73. The summed E-state index contributed by atoms with van der Waals surface area (Å²) in [4.78, 5) is 23.6. The van der Waals surface area contributed by atoms with Gasteiger partial charge in [-0.3, -0.25) is 4.79 Å². The third-order valence-electron chi connectivity index (χ3n) is 2.49. The van der Waals surface area contributed by atoms with Crippen LogP contribution in [0.5, 0.6) is 0 Å². The van der Waals surface area contributed by atoms with E-state index in [9.17, 15) is 9.59 Å². The van der Waals surface area contributed by atoms with Crippen molar-refractivity contribution < 1.29 is 14.3 Å². The van der Waals surface area contributed by atoms with Gasteiger partial charge >= 0.3 is 5.97 Å². The zero-order valence-electron chi connectivity index (χ0n) is 11.7. The Kier molecular flexibility index (Phi) is 5.57. The average molecular weight is 295 g/mol. The number of carbonyl (C=O) groups is 2. The number of nitrogens with zero attached hydrogens (tertiary/aromatic N) is 2. The van der Waals surface area contributed by atoms with Crippen LogP contribution < -0.4 is 5.32 Å². The largest absolute Gasteiger partial charge is 0.466 e. The molecule has 20 heavy (non-hydrogen) atoms. The molecule has 0 saturated heterocycles. The summed E-state index contributed by atoms with van der Waals surface area (Å²) in [5, 5.41) is 8.51. The van der Waals surface area contributed by atoms with Crippen LogP contribution in [0.4, 0.5) is 0 Å². The van der Waals surface area contributed by atoms with Crippen molar-refractivity contribution in [1.29, 1.82) is 0 Å². The molecule has 0 aromatic carbocycles. The first-order valence-corrected chi connectivity index (χ1v) is 6.44. The molecule has 1 N–H and O–H groups in total. The standard InChI is InChI=1S/C13H17N3O3S/c1-5-6-14-13(20)16-9(7-10(17)19-4)12(18)11(15-16)8(2)3/h5,7-8H,1,6H2,2-4H3,(H,14,20)/b9-7+. The monoisotopic (exact) mass is 295 g/mol. The molecule has 1 aliphatic heterocycles. The fourth-order valence-electron chi connectivity index (χ4n) is 1.50. The number of ether oxygens (including phenoxy) is 1. The topological polar surface area (TPSA) is 71.0 Å². The van der Waals surface area contributed by atoms with E-state index in [0.717, 1.165) is 6.08 Å². The number of hydrogen-bond acceptors (Lipinski definition) is 5. The summed E-state index contributed by atoms with van der Waals surface area (Å²) in [5.41, 5.74) is 0.435. The number of hydrazone groups is 1. The van der Waals surface area contributed by atoms with Gasteiger partial charge in [0, 0.05) is 12.5 Å². The Hall–Kier alpha value is -2.02. The Balaban J connectivity index is 3.10. The number of rotatable bonds is 4. The summed E-state index contributed by atoms with van der Waals surface area (Å²) < 4.78 is 4.54. The molecule has 0 saturated carbocycles. The third-order valence-corrected chi connectivity index (χ3v) is 2.81. The SMILES string of the molecule is C=CCNC(=S)N1N=C(C(C)C)C(=O)/C1=C\C(=O)OC. The van der Waals surface area contributed by atoms with E-state index in [4.69, 9.17) is 12.2 Å². The normalized spacial score (nSPS) is 16.4. The van der Waals surface area contributed by atoms with Crippen LogP contribution in [0.25, 0.3) is 0 Å². The molecule has 0 amide bonds. The molecule has 0 aromatic heterocycles. The number of hydrogen-bond donors (Lipinski definition) is 1. The molecule has 0 spiro atoms. The molecule has 0 radical (unpaired) electrons. The van der Waals surface area contributed by atoms with Crippen LogP contribution in [-0.4, -0.2) is 41.2 Å². The minimum absolute atomic E-state index is 0.0734. The summed E-state index contributed by atoms with van der Waals surface area (Å²) in [6.07, 6.45) is 2.71. The minimum atomic E-state index is -0.634. The molecule has 6 nitrogen and oxygen atoms in total. The Morgan fingerprint density at radius 2 is 2.25 bits per heavy atom. The highest BCUT2D eigenvalue weighted by atomic mass is 32.1. The Bertz CT molecular complexity index is 509. The van der Waals surface area contributed by atoms with Gasteiger partial charge in [-0.05, 0) is 12.2 Å². The molecule has 7 heteroatoms. The van der Waals surface area contributed by atoms with Gasteiger partial charge in [0.05, 0.1) is 13.2 Å². The van der Waals surface area contributed by atoms with Crippen molar-refractivity contribution in [3.05, 3.63) is 24.4 Å². The highest BCUT2D eigenvalue weighted by Gasteiger charge is 2.34. The highest BCUT2D eigenvalue weighted by molar-refractivity contribution is 7.80. The van der Waals surface area contributed by atoms with E-state index in [0.29, 0.717) is 12.3 Å². The predicted octanol–water partition coefficient (Wildman–Crippen LogP) is 1.00. The fraction of sp³-hybridized carbons (Fsp3) is 0.385. The maximum atomic E-state index is 12.2. The van der Waals surface area contributed by atoms with Crippen LogP contribution in [0.3, 0.4) is 0 Å². The maximum Gasteiger partial charge on any atom is 0.332 e. The minimum Gasteiger partial charge on any atom is -0.466 e. The lowest BCUT2D eigenvalue weighted by Crippen LogP contribution is -2.35. The summed E-state index contributed by atoms with van der Waals surface area (Å²) >= 11 is 5.15. The molecule has 1 aliphatic rings. The van der Waals surface area contributed by atoms with Crippen LogP contribution in [0, 0.1) is 5.92 Å². The molecule has 0 aromatic rings. The highest BCUT2D eigenvalue weighted by Crippen LogP contribution is 2.20. The molecule has 0 fully saturated rings. The van der Waals surface area contributed by atoms with Gasteiger partial charge in [-0.2, -0.15) is 5.10 Å². The first-order chi connectivity index (χ1) is 9.42.